The molecule has 0 unspecified atom stereocenters. The van der Waals surface area contributed by atoms with Crippen LogP contribution in [-0.2, 0) is 12.8 Å². The quantitative estimate of drug-likeness (QED) is 0.794. The normalized spacial score (nSPS) is 10.9. The predicted molar refractivity (Wildman–Crippen MR) is 94.7 cm³/mol. The average molecular weight is 306 g/mol. The first-order valence-corrected chi connectivity index (χ1v) is 8.04. The molecule has 0 aliphatic carbocycles. The van der Waals surface area contributed by atoms with E-state index in [1.807, 2.05) is 16.7 Å². The fourth-order valence-corrected chi connectivity index (χ4v) is 2.77. The van der Waals surface area contributed by atoms with Gasteiger partial charge in [0, 0.05) is 5.56 Å². The van der Waals surface area contributed by atoms with Crippen LogP contribution < -0.4 is 5.73 Å². The van der Waals surface area contributed by atoms with Gasteiger partial charge in [0.15, 0.2) is 5.82 Å². The molecule has 2 aromatic carbocycles. The highest BCUT2D eigenvalue weighted by molar-refractivity contribution is 5.65. The minimum Gasteiger partial charge on any atom is -0.368 e. The zero-order valence-electron chi connectivity index (χ0n) is 13.9. The van der Waals surface area contributed by atoms with Gasteiger partial charge in [-0.15, -0.1) is 10.2 Å². The predicted octanol–water partition coefficient (Wildman–Crippen LogP) is 3.95. The molecule has 118 valence electrons. The standard InChI is InChI=1S/C19H22N4/c1-4-14-7-6-8-16(11-14)23-18(21-22-19(23)20)17-12-15(5-2)10-9-13(17)3/h6-12H,4-5H2,1-3H3,(H2,20,22). The molecule has 4 nitrogen and oxygen atoms in total. The lowest BCUT2D eigenvalue weighted by molar-refractivity contribution is 1.05. The van der Waals surface area contributed by atoms with Crippen molar-refractivity contribution in [2.75, 3.05) is 5.73 Å². The lowest BCUT2D eigenvalue weighted by Gasteiger charge is -2.12. The van der Waals surface area contributed by atoms with Crippen molar-refractivity contribution in [1.29, 1.82) is 0 Å². The van der Waals surface area contributed by atoms with Gasteiger partial charge in [0.2, 0.25) is 5.95 Å². The Balaban J connectivity index is 2.19. The number of nitrogens with zero attached hydrogens (tertiary/aromatic N) is 3. The third-order valence-electron chi connectivity index (χ3n) is 4.22. The molecule has 0 bridgehead atoms. The Morgan fingerprint density at radius 1 is 0.957 bits per heavy atom. The van der Waals surface area contributed by atoms with E-state index in [4.69, 9.17) is 5.73 Å². The first-order chi connectivity index (χ1) is 11.1. The van der Waals surface area contributed by atoms with Crippen molar-refractivity contribution in [3.8, 4) is 17.1 Å². The van der Waals surface area contributed by atoms with Gasteiger partial charge in [-0.25, -0.2) is 0 Å². The van der Waals surface area contributed by atoms with E-state index in [1.54, 1.807) is 0 Å². The Labute approximate surface area is 137 Å². The van der Waals surface area contributed by atoms with Crippen LogP contribution in [0.5, 0.6) is 0 Å². The summed E-state index contributed by atoms with van der Waals surface area (Å²) in [5.74, 6) is 1.21. The fourth-order valence-electron chi connectivity index (χ4n) is 2.77. The first-order valence-electron chi connectivity index (χ1n) is 8.04. The highest BCUT2D eigenvalue weighted by Crippen LogP contribution is 2.28. The van der Waals surface area contributed by atoms with E-state index >= 15 is 0 Å². The van der Waals surface area contributed by atoms with E-state index < -0.39 is 0 Å². The van der Waals surface area contributed by atoms with E-state index in [1.165, 1.54) is 16.7 Å². The van der Waals surface area contributed by atoms with Crippen LogP contribution in [0.15, 0.2) is 42.5 Å². The van der Waals surface area contributed by atoms with Crippen molar-refractivity contribution in [3.63, 3.8) is 0 Å². The van der Waals surface area contributed by atoms with Gasteiger partial charge in [-0.3, -0.25) is 4.57 Å². The van der Waals surface area contributed by atoms with E-state index in [0.29, 0.717) is 5.95 Å². The summed E-state index contributed by atoms with van der Waals surface area (Å²) >= 11 is 0. The van der Waals surface area contributed by atoms with Gasteiger partial charge >= 0.3 is 0 Å². The SMILES string of the molecule is CCc1cccc(-n2c(N)nnc2-c2cc(CC)ccc2C)c1. The second kappa shape index (κ2) is 6.24. The molecule has 0 aliphatic heterocycles. The zero-order valence-corrected chi connectivity index (χ0v) is 13.9. The van der Waals surface area contributed by atoms with Crippen LogP contribution in [-0.4, -0.2) is 14.8 Å². The van der Waals surface area contributed by atoms with Crippen molar-refractivity contribution in [2.24, 2.45) is 0 Å². The number of nitrogens with two attached hydrogens (primary N) is 1. The Kier molecular flexibility index (Phi) is 4.15. The van der Waals surface area contributed by atoms with Gasteiger partial charge < -0.3 is 5.73 Å². The molecule has 0 saturated carbocycles. The summed E-state index contributed by atoms with van der Waals surface area (Å²) in [5.41, 5.74) is 11.9. The van der Waals surface area contributed by atoms with E-state index in [2.05, 4.69) is 61.3 Å². The highest BCUT2D eigenvalue weighted by atomic mass is 15.3. The summed E-state index contributed by atoms with van der Waals surface area (Å²) in [6, 6.07) is 14.8. The molecule has 3 aromatic rings. The van der Waals surface area contributed by atoms with Crippen molar-refractivity contribution in [1.82, 2.24) is 14.8 Å². The molecule has 4 heteroatoms. The van der Waals surface area contributed by atoms with Crippen LogP contribution >= 0.6 is 0 Å². The summed E-state index contributed by atoms with van der Waals surface area (Å²) in [5, 5.41) is 8.45. The summed E-state index contributed by atoms with van der Waals surface area (Å²) in [4.78, 5) is 0. The van der Waals surface area contributed by atoms with E-state index in [9.17, 15) is 0 Å². The van der Waals surface area contributed by atoms with Crippen LogP contribution in [0.25, 0.3) is 17.1 Å². The largest absolute Gasteiger partial charge is 0.368 e. The van der Waals surface area contributed by atoms with Crippen LogP contribution in [0, 0.1) is 6.92 Å². The first kappa shape index (κ1) is 15.3. The third-order valence-corrected chi connectivity index (χ3v) is 4.22. The van der Waals surface area contributed by atoms with Crippen LogP contribution in [0.4, 0.5) is 5.95 Å². The maximum absolute atomic E-state index is 6.11. The molecule has 0 aliphatic rings. The smallest absolute Gasteiger partial charge is 0.226 e. The van der Waals surface area contributed by atoms with Gasteiger partial charge in [-0.1, -0.05) is 38.1 Å². The van der Waals surface area contributed by atoms with Crippen molar-refractivity contribution in [3.05, 3.63) is 59.2 Å². The molecule has 3 rings (SSSR count). The van der Waals surface area contributed by atoms with E-state index in [0.717, 1.165) is 29.9 Å². The number of rotatable bonds is 4. The Morgan fingerprint density at radius 2 is 1.70 bits per heavy atom. The second-order valence-electron chi connectivity index (χ2n) is 5.74. The van der Waals surface area contributed by atoms with E-state index in [-0.39, 0.29) is 0 Å². The molecule has 0 fully saturated rings. The van der Waals surface area contributed by atoms with Gasteiger partial charge in [0.25, 0.3) is 0 Å². The zero-order chi connectivity index (χ0) is 16.4. The average Bonchev–Trinajstić information content (AvgIpc) is 2.97. The molecule has 0 amide bonds. The Hall–Kier alpha value is -2.62. The Morgan fingerprint density at radius 3 is 2.43 bits per heavy atom. The van der Waals surface area contributed by atoms with Gasteiger partial charge in [0.05, 0.1) is 5.69 Å². The van der Waals surface area contributed by atoms with Crippen LogP contribution in [0.3, 0.4) is 0 Å². The van der Waals surface area contributed by atoms with Crippen molar-refractivity contribution < 1.29 is 0 Å². The molecule has 1 heterocycles. The highest BCUT2D eigenvalue weighted by Gasteiger charge is 2.16. The summed E-state index contributed by atoms with van der Waals surface area (Å²) in [6.07, 6.45) is 1.97. The molecule has 0 spiro atoms. The third kappa shape index (κ3) is 2.84. The van der Waals surface area contributed by atoms with Crippen molar-refractivity contribution >= 4 is 5.95 Å². The minimum atomic E-state index is 0.412. The summed E-state index contributed by atoms with van der Waals surface area (Å²) < 4.78 is 1.93. The molecule has 0 atom stereocenters. The van der Waals surface area contributed by atoms with Gasteiger partial charge in [-0.2, -0.15) is 0 Å². The lowest BCUT2D eigenvalue weighted by Crippen LogP contribution is -2.04. The number of hydrogen-bond donors (Lipinski definition) is 1. The number of aryl methyl sites for hydroxylation is 3. The van der Waals surface area contributed by atoms with Crippen LogP contribution in [0.2, 0.25) is 0 Å². The molecular weight excluding hydrogens is 284 g/mol. The fraction of sp³-hybridized carbons (Fsp3) is 0.263. The molecular formula is C19H22N4. The van der Waals surface area contributed by atoms with Gasteiger partial charge in [0.1, 0.15) is 0 Å². The molecule has 23 heavy (non-hydrogen) atoms. The number of aromatic nitrogens is 3. The molecule has 0 saturated heterocycles. The number of anilines is 1. The topological polar surface area (TPSA) is 56.7 Å². The second-order valence-corrected chi connectivity index (χ2v) is 5.74. The van der Waals surface area contributed by atoms with Crippen LogP contribution in [0.1, 0.15) is 30.5 Å². The number of nitrogen functional groups attached to an aromatic ring is 1. The Bertz CT molecular complexity index is 833. The lowest BCUT2D eigenvalue weighted by atomic mass is 10.0. The number of hydrogen-bond acceptors (Lipinski definition) is 3. The maximum atomic E-state index is 6.11. The minimum absolute atomic E-state index is 0.412. The number of benzene rings is 2. The summed E-state index contributed by atoms with van der Waals surface area (Å²) in [7, 11) is 0. The van der Waals surface area contributed by atoms with Gasteiger partial charge in [-0.05, 0) is 54.7 Å². The monoisotopic (exact) mass is 306 g/mol. The molecule has 0 radical (unpaired) electrons. The molecule has 1 aromatic heterocycles. The van der Waals surface area contributed by atoms with Crippen molar-refractivity contribution in [2.45, 2.75) is 33.6 Å². The summed E-state index contributed by atoms with van der Waals surface area (Å²) in [6.45, 7) is 6.38. The molecule has 2 N–H and O–H groups in total. The maximum Gasteiger partial charge on any atom is 0.226 e.